The number of hydrogen-bond acceptors (Lipinski definition) is 4. The third kappa shape index (κ3) is 6.11. The van der Waals surface area contributed by atoms with Gasteiger partial charge in [0.15, 0.2) is 0 Å². The number of benzene rings is 1. The maximum atomic E-state index is 13.0. The van der Waals surface area contributed by atoms with Gasteiger partial charge in [0.1, 0.15) is 12.4 Å². The number of amides is 2. The van der Waals surface area contributed by atoms with E-state index < -0.39 is 0 Å². The topological polar surface area (TPSA) is 78.5 Å². The second kappa shape index (κ2) is 11.2. The summed E-state index contributed by atoms with van der Waals surface area (Å²) >= 11 is 0. The van der Waals surface area contributed by atoms with Gasteiger partial charge in [0.05, 0.1) is 12.7 Å². The monoisotopic (exact) mass is 438 g/mol. The average molecular weight is 439 g/mol. The van der Waals surface area contributed by atoms with Gasteiger partial charge in [-0.3, -0.25) is 14.7 Å². The Hall–Kier alpha value is -2.83. The first-order valence-corrected chi connectivity index (χ1v) is 12.0. The van der Waals surface area contributed by atoms with Gasteiger partial charge < -0.3 is 14.5 Å². The second-order valence-electron chi connectivity index (χ2n) is 8.86. The molecule has 1 atom stereocenters. The summed E-state index contributed by atoms with van der Waals surface area (Å²) in [6.45, 7) is 2.41. The molecule has 2 aliphatic heterocycles. The van der Waals surface area contributed by atoms with E-state index in [0.717, 1.165) is 43.5 Å². The first-order chi connectivity index (χ1) is 15.7. The van der Waals surface area contributed by atoms with Crippen LogP contribution in [-0.4, -0.2) is 64.1 Å². The highest BCUT2D eigenvalue weighted by molar-refractivity contribution is 5.77. The quantitative estimate of drug-likeness (QED) is 0.797. The zero-order valence-corrected chi connectivity index (χ0v) is 18.8. The molecule has 1 saturated heterocycles. The van der Waals surface area contributed by atoms with Crippen LogP contribution in [0.1, 0.15) is 56.1 Å². The Balaban J connectivity index is 1.44. The minimum atomic E-state index is 0.0937. The molecule has 2 amide bonds. The molecule has 3 heterocycles. The van der Waals surface area contributed by atoms with Gasteiger partial charge in [-0.15, -0.1) is 0 Å². The van der Waals surface area contributed by atoms with Gasteiger partial charge in [-0.05, 0) is 68.2 Å². The third-order valence-corrected chi connectivity index (χ3v) is 6.60. The minimum Gasteiger partial charge on any atom is -0.492 e. The number of fused-ring (bicyclic) bond motifs is 3. The van der Waals surface area contributed by atoms with Gasteiger partial charge in [0.2, 0.25) is 11.8 Å². The number of nitrogens with zero attached hydrogens (tertiary/aromatic N) is 3. The number of nitrogens with one attached hydrogen (secondary N) is 1. The third-order valence-electron chi connectivity index (χ3n) is 6.60. The summed E-state index contributed by atoms with van der Waals surface area (Å²) in [6, 6.07) is 8.55. The number of aromatic nitrogens is 2. The molecule has 1 aromatic heterocycles. The number of aromatic amines is 1. The maximum absolute atomic E-state index is 13.0. The molecule has 2 aromatic rings. The Bertz CT molecular complexity index is 883. The van der Waals surface area contributed by atoms with E-state index in [1.807, 2.05) is 23.2 Å². The summed E-state index contributed by atoms with van der Waals surface area (Å²) in [4.78, 5) is 29.9. The van der Waals surface area contributed by atoms with Gasteiger partial charge in [0.25, 0.3) is 0 Å². The number of ether oxygens (including phenoxy) is 1. The van der Waals surface area contributed by atoms with Crippen LogP contribution in [0.3, 0.4) is 0 Å². The van der Waals surface area contributed by atoms with Crippen LogP contribution in [0.15, 0.2) is 36.7 Å². The highest BCUT2D eigenvalue weighted by Gasteiger charge is 2.26. The number of piperidine rings is 1. The predicted octanol–water partition coefficient (Wildman–Crippen LogP) is 3.36. The summed E-state index contributed by atoms with van der Waals surface area (Å²) in [7, 11) is 0. The second-order valence-corrected chi connectivity index (χ2v) is 8.86. The minimum absolute atomic E-state index is 0.0937. The predicted molar refractivity (Wildman–Crippen MR) is 122 cm³/mol. The van der Waals surface area contributed by atoms with Crippen LogP contribution < -0.4 is 4.74 Å². The standard InChI is InChI=1S/C25H34N4O3/c30-24(12-10-21-18-26-27-19-21)28-13-4-8-25(31)29-14-2-1-6-22(29)11-9-20-5-3-7-23(17-20)32-16-15-28/h3,5,7,17-19,22H,1-2,4,6,8-16H2,(H,26,27). The number of rotatable bonds is 3. The number of carbonyl (C=O) groups excluding carboxylic acids is 2. The van der Waals surface area contributed by atoms with Gasteiger partial charge >= 0.3 is 0 Å². The normalized spacial score (nSPS) is 20.6. The van der Waals surface area contributed by atoms with E-state index in [9.17, 15) is 9.59 Å². The summed E-state index contributed by atoms with van der Waals surface area (Å²) in [5, 5.41) is 6.74. The van der Waals surface area contributed by atoms with Crippen LogP contribution in [-0.2, 0) is 22.4 Å². The molecule has 1 N–H and O–H groups in total. The molecule has 0 aliphatic carbocycles. The highest BCUT2D eigenvalue weighted by Crippen LogP contribution is 2.24. The van der Waals surface area contributed by atoms with E-state index in [0.29, 0.717) is 51.4 Å². The van der Waals surface area contributed by atoms with Crippen LogP contribution >= 0.6 is 0 Å². The Morgan fingerprint density at radius 3 is 2.94 bits per heavy atom. The summed E-state index contributed by atoms with van der Waals surface area (Å²) in [5.74, 6) is 1.18. The molecule has 7 nitrogen and oxygen atoms in total. The molecule has 0 saturated carbocycles. The van der Waals surface area contributed by atoms with Gasteiger partial charge in [-0.1, -0.05) is 12.1 Å². The van der Waals surface area contributed by atoms with E-state index in [1.54, 1.807) is 6.20 Å². The highest BCUT2D eigenvalue weighted by atomic mass is 16.5. The van der Waals surface area contributed by atoms with Crippen molar-refractivity contribution >= 4 is 11.8 Å². The summed E-state index contributed by atoms with van der Waals surface area (Å²) in [5.41, 5.74) is 2.26. The van der Waals surface area contributed by atoms with Crippen LogP contribution in [0.2, 0.25) is 0 Å². The zero-order valence-electron chi connectivity index (χ0n) is 18.8. The molecule has 7 heteroatoms. The molecule has 172 valence electrons. The number of hydrogen-bond donors (Lipinski definition) is 1. The largest absolute Gasteiger partial charge is 0.492 e. The average Bonchev–Trinajstić information content (AvgIpc) is 3.34. The lowest BCUT2D eigenvalue weighted by Crippen LogP contribution is -2.44. The zero-order chi connectivity index (χ0) is 22.2. The van der Waals surface area contributed by atoms with Crippen molar-refractivity contribution < 1.29 is 14.3 Å². The smallest absolute Gasteiger partial charge is 0.223 e. The SMILES string of the molecule is O=C(CCc1cn[nH]c1)N1CCCC(=O)N2CCCCC2CCc2cccc(c2)OCC1. The number of aryl methyl sites for hydroxylation is 2. The fraction of sp³-hybridized carbons (Fsp3) is 0.560. The van der Waals surface area contributed by atoms with Crippen molar-refractivity contribution in [1.29, 1.82) is 0 Å². The molecule has 2 bridgehead atoms. The van der Waals surface area contributed by atoms with Crippen molar-refractivity contribution in [1.82, 2.24) is 20.0 Å². The maximum Gasteiger partial charge on any atom is 0.223 e. The molecule has 0 radical (unpaired) electrons. The Morgan fingerprint density at radius 2 is 2.06 bits per heavy atom. The molecule has 1 aromatic carbocycles. The van der Waals surface area contributed by atoms with Crippen molar-refractivity contribution in [2.75, 3.05) is 26.2 Å². The van der Waals surface area contributed by atoms with Gasteiger partial charge in [-0.2, -0.15) is 5.10 Å². The Morgan fingerprint density at radius 1 is 1.12 bits per heavy atom. The van der Waals surface area contributed by atoms with E-state index in [2.05, 4.69) is 27.2 Å². The van der Waals surface area contributed by atoms with Gasteiger partial charge in [-0.25, -0.2) is 0 Å². The van der Waals surface area contributed by atoms with Crippen molar-refractivity contribution in [2.45, 2.75) is 63.8 Å². The van der Waals surface area contributed by atoms with E-state index >= 15 is 0 Å². The molecule has 2 aliphatic rings. The first kappa shape index (κ1) is 22.4. The van der Waals surface area contributed by atoms with Gasteiger partial charge in [0, 0.05) is 38.2 Å². The van der Waals surface area contributed by atoms with Crippen molar-refractivity contribution in [3.8, 4) is 5.75 Å². The lowest BCUT2D eigenvalue weighted by molar-refractivity contribution is -0.136. The lowest BCUT2D eigenvalue weighted by atomic mass is 9.95. The van der Waals surface area contributed by atoms with Crippen molar-refractivity contribution in [3.05, 3.63) is 47.8 Å². The van der Waals surface area contributed by atoms with E-state index in [1.165, 1.54) is 12.0 Å². The molecule has 1 fully saturated rings. The Labute approximate surface area is 190 Å². The number of carbonyl (C=O) groups is 2. The van der Waals surface area contributed by atoms with E-state index in [4.69, 9.17) is 4.74 Å². The van der Waals surface area contributed by atoms with Crippen LogP contribution in [0, 0.1) is 0 Å². The summed E-state index contributed by atoms with van der Waals surface area (Å²) in [6.07, 6.45) is 11.1. The first-order valence-electron chi connectivity index (χ1n) is 12.0. The molecular formula is C25H34N4O3. The molecule has 0 spiro atoms. The number of H-pyrrole nitrogens is 1. The van der Waals surface area contributed by atoms with Crippen LogP contribution in [0.5, 0.6) is 5.75 Å². The van der Waals surface area contributed by atoms with Crippen LogP contribution in [0.4, 0.5) is 0 Å². The van der Waals surface area contributed by atoms with E-state index in [-0.39, 0.29) is 11.8 Å². The summed E-state index contributed by atoms with van der Waals surface area (Å²) < 4.78 is 5.99. The molecular weight excluding hydrogens is 404 g/mol. The lowest BCUT2D eigenvalue weighted by Gasteiger charge is -2.36. The van der Waals surface area contributed by atoms with Crippen LogP contribution in [0.25, 0.3) is 0 Å². The molecule has 1 unspecified atom stereocenters. The Kier molecular flexibility index (Phi) is 7.80. The fourth-order valence-corrected chi connectivity index (χ4v) is 4.78. The molecule has 4 rings (SSSR count). The fourth-order valence-electron chi connectivity index (χ4n) is 4.78. The van der Waals surface area contributed by atoms with Crippen molar-refractivity contribution in [2.24, 2.45) is 0 Å². The van der Waals surface area contributed by atoms with Crippen molar-refractivity contribution in [3.63, 3.8) is 0 Å². The molecule has 32 heavy (non-hydrogen) atoms.